The summed E-state index contributed by atoms with van der Waals surface area (Å²) in [6.45, 7) is 2.03. The third kappa shape index (κ3) is 1.38. The highest BCUT2D eigenvalue weighted by Crippen LogP contribution is 2.28. The van der Waals surface area contributed by atoms with Crippen LogP contribution in [-0.2, 0) is 14.3 Å². The highest BCUT2D eigenvalue weighted by Gasteiger charge is 2.35. The molecule has 2 fully saturated rings. The number of ether oxygens (including phenoxy) is 2. The van der Waals surface area contributed by atoms with Crippen molar-refractivity contribution in [3.8, 4) is 0 Å². The molecule has 0 aromatic carbocycles. The molecule has 3 heteroatoms. The molecule has 2 aliphatic rings. The van der Waals surface area contributed by atoms with E-state index in [4.69, 9.17) is 9.47 Å². The Morgan fingerprint density at radius 1 is 1.36 bits per heavy atom. The fourth-order valence-electron chi connectivity index (χ4n) is 1.85. The molecule has 2 heterocycles. The van der Waals surface area contributed by atoms with Gasteiger partial charge in [-0.2, -0.15) is 0 Å². The molecule has 2 rings (SSSR count). The maximum Gasteiger partial charge on any atom is 0.308 e. The van der Waals surface area contributed by atoms with E-state index in [1.54, 1.807) is 0 Å². The smallest absolute Gasteiger partial charge is 0.308 e. The van der Waals surface area contributed by atoms with Crippen LogP contribution in [0, 0.1) is 0 Å². The standard InChI is InChI=1S/C8H12O3/c1-5-2-6-3-7(10-5)4-8(9)11-6/h5-7H,2-4H2,1H3/t5?,6-,7+/m0/s1. The summed E-state index contributed by atoms with van der Waals surface area (Å²) in [5, 5.41) is 0. The third-order valence-corrected chi connectivity index (χ3v) is 2.24. The van der Waals surface area contributed by atoms with Crippen molar-refractivity contribution in [2.45, 2.75) is 44.5 Å². The second-order valence-corrected chi connectivity index (χ2v) is 3.36. The molecule has 0 aromatic heterocycles. The van der Waals surface area contributed by atoms with Gasteiger partial charge >= 0.3 is 5.97 Å². The van der Waals surface area contributed by atoms with E-state index < -0.39 is 0 Å². The molecule has 1 unspecified atom stereocenters. The van der Waals surface area contributed by atoms with Crippen LogP contribution in [0.1, 0.15) is 26.2 Å². The van der Waals surface area contributed by atoms with E-state index in [1.807, 2.05) is 6.92 Å². The van der Waals surface area contributed by atoms with Crippen molar-refractivity contribution in [1.29, 1.82) is 0 Å². The van der Waals surface area contributed by atoms with Gasteiger partial charge in [-0.05, 0) is 6.92 Å². The molecule has 0 spiro atoms. The maximum atomic E-state index is 10.9. The first-order chi connectivity index (χ1) is 5.24. The van der Waals surface area contributed by atoms with Gasteiger partial charge in [-0.15, -0.1) is 0 Å². The average molecular weight is 156 g/mol. The van der Waals surface area contributed by atoms with E-state index in [2.05, 4.69) is 0 Å². The Balaban J connectivity index is 2.05. The van der Waals surface area contributed by atoms with E-state index in [0.29, 0.717) is 6.42 Å². The Labute approximate surface area is 65.7 Å². The van der Waals surface area contributed by atoms with Crippen molar-refractivity contribution < 1.29 is 14.3 Å². The summed E-state index contributed by atoms with van der Waals surface area (Å²) < 4.78 is 10.6. The van der Waals surface area contributed by atoms with Crippen molar-refractivity contribution in [2.75, 3.05) is 0 Å². The summed E-state index contributed by atoms with van der Waals surface area (Å²) in [5.41, 5.74) is 0. The van der Waals surface area contributed by atoms with Gasteiger partial charge in [-0.1, -0.05) is 0 Å². The zero-order valence-corrected chi connectivity index (χ0v) is 6.58. The molecule has 2 saturated heterocycles. The van der Waals surface area contributed by atoms with Crippen molar-refractivity contribution in [3.05, 3.63) is 0 Å². The van der Waals surface area contributed by atoms with Gasteiger partial charge in [0.25, 0.3) is 0 Å². The zero-order valence-electron chi connectivity index (χ0n) is 6.58. The summed E-state index contributed by atoms with van der Waals surface area (Å²) in [4.78, 5) is 10.9. The number of esters is 1. The predicted molar refractivity (Wildman–Crippen MR) is 38.1 cm³/mol. The molecule has 0 amide bonds. The summed E-state index contributed by atoms with van der Waals surface area (Å²) >= 11 is 0. The predicted octanol–water partition coefficient (Wildman–Crippen LogP) is 0.869. The molecule has 3 atom stereocenters. The first-order valence-electron chi connectivity index (χ1n) is 4.09. The lowest BCUT2D eigenvalue weighted by atomic mass is 9.97. The van der Waals surface area contributed by atoms with E-state index in [9.17, 15) is 4.79 Å². The normalized spacial score (nSPS) is 43.4. The summed E-state index contributed by atoms with van der Waals surface area (Å²) in [7, 11) is 0. The average Bonchev–Trinajstić information content (AvgIpc) is 1.82. The lowest BCUT2D eigenvalue weighted by Crippen LogP contribution is -2.42. The van der Waals surface area contributed by atoms with Gasteiger partial charge in [0.15, 0.2) is 0 Å². The molecular formula is C8H12O3. The number of hydrogen-bond acceptors (Lipinski definition) is 3. The van der Waals surface area contributed by atoms with E-state index in [-0.39, 0.29) is 24.3 Å². The lowest BCUT2D eigenvalue weighted by Gasteiger charge is -2.37. The van der Waals surface area contributed by atoms with E-state index >= 15 is 0 Å². The summed E-state index contributed by atoms with van der Waals surface area (Å²) in [6.07, 6.45) is 2.72. The fraction of sp³-hybridized carbons (Fsp3) is 0.875. The van der Waals surface area contributed by atoms with Gasteiger partial charge in [-0.3, -0.25) is 4.79 Å². The second-order valence-electron chi connectivity index (χ2n) is 3.36. The first kappa shape index (κ1) is 7.10. The Kier molecular flexibility index (Phi) is 1.60. The van der Waals surface area contributed by atoms with Gasteiger partial charge in [0.05, 0.1) is 18.6 Å². The quantitative estimate of drug-likeness (QED) is 0.488. The molecule has 0 N–H and O–H groups in total. The number of fused-ring (bicyclic) bond motifs is 2. The number of rotatable bonds is 0. The first-order valence-corrected chi connectivity index (χ1v) is 4.09. The fourth-order valence-corrected chi connectivity index (χ4v) is 1.85. The number of carbonyl (C=O) groups excluding carboxylic acids is 1. The molecular weight excluding hydrogens is 144 g/mol. The van der Waals surface area contributed by atoms with Crippen LogP contribution in [0.2, 0.25) is 0 Å². The van der Waals surface area contributed by atoms with Gasteiger partial charge in [0.1, 0.15) is 6.10 Å². The monoisotopic (exact) mass is 156 g/mol. The van der Waals surface area contributed by atoms with Crippen LogP contribution in [0.5, 0.6) is 0 Å². The Morgan fingerprint density at radius 3 is 2.91 bits per heavy atom. The van der Waals surface area contributed by atoms with Gasteiger partial charge in [0.2, 0.25) is 0 Å². The SMILES string of the molecule is CC1C[C@H]2C[C@H](CC(=O)O2)O1. The molecule has 11 heavy (non-hydrogen) atoms. The Morgan fingerprint density at radius 2 is 2.18 bits per heavy atom. The van der Waals surface area contributed by atoms with E-state index in [1.165, 1.54) is 0 Å². The topological polar surface area (TPSA) is 35.5 Å². The van der Waals surface area contributed by atoms with Crippen molar-refractivity contribution in [1.82, 2.24) is 0 Å². The van der Waals surface area contributed by atoms with Crippen LogP contribution in [0.3, 0.4) is 0 Å². The largest absolute Gasteiger partial charge is 0.462 e. The van der Waals surface area contributed by atoms with Crippen LogP contribution < -0.4 is 0 Å². The van der Waals surface area contributed by atoms with Gasteiger partial charge in [0, 0.05) is 12.8 Å². The number of hydrogen-bond donors (Lipinski definition) is 0. The van der Waals surface area contributed by atoms with Gasteiger partial charge < -0.3 is 9.47 Å². The molecule has 2 aliphatic heterocycles. The number of carbonyl (C=O) groups is 1. The highest BCUT2D eigenvalue weighted by molar-refractivity contribution is 5.71. The highest BCUT2D eigenvalue weighted by atomic mass is 16.6. The minimum atomic E-state index is -0.0989. The van der Waals surface area contributed by atoms with Crippen molar-refractivity contribution >= 4 is 5.97 Å². The van der Waals surface area contributed by atoms with Gasteiger partial charge in [-0.25, -0.2) is 0 Å². The van der Waals surface area contributed by atoms with Crippen molar-refractivity contribution in [2.24, 2.45) is 0 Å². The molecule has 0 aromatic rings. The third-order valence-electron chi connectivity index (χ3n) is 2.24. The van der Waals surface area contributed by atoms with Crippen LogP contribution in [0.4, 0.5) is 0 Å². The molecule has 0 aliphatic carbocycles. The summed E-state index contributed by atoms with van der Waals surface area (Å²) in [6, 6.07) is 0. The van der Waals surface area contributed by atoms with Crippen LogP contribution in [0.25, 0.3) is 0 Å². The van der Waals surface area contributed by atoms with Crippen LogP contribution in [-0.4, -0.2) is 24.3 Å². The Bertz CT molecular complexity index is 158. The minimum Gasteiger partial charge on any atom is -0.462 e. The maximum absolute atomic E-state index is 10.9. The van der Waals surface area contributed by atoms with Crippen molar-refractivity contribution in [3.63, 3.8) is 0 Å². The lowest BCUT2D eigenvalue weighted by molar-refractivity contribution is -0.182. The summed E-state index contributed by atoms with van der Waals surface area (Å²) in [5.74, 6) is -0.0989. The van der Waals surface area contributed by atoms with Crippen LogP contribution >= 0.6 is 0 Å². The molecule has 62 valence electrons. The minimum absolute atomic E-state index is 0.0989. The molecule has 3 nitrogen and oxygen atoms in total. The Hall–Kier alpha value is -0.570. The molecule has 0 saturated carbocycles. The molecule has 0 radical (unpaired) electrons. The molecule has 2 bridgehead atoms. The second kappa shape index (κ2) is 2.48. The van der Waals surface area contributed by atoms with Crippen LogP contribution in [0.15, 0.2) is 0 Å². The zero-order chi connectivity index (χ0) is 7.84. The van der Waals surface area contributed by atoms with E-state index in [0.717, 1.165) is 12.8 Å².